The normalized spacial score (nSPS) is 11.5. The number of aromatic carboxylic acids is 1. The average Bonchev–Trinajstić information content (AvgIpc) is 2.85. The number of sulfonamides is 1. The van der Waals surface area contributed by atoms with Crippen LogP contribution in [0.5, 0.6) is 0 Å². The molecule has 8 nitrogen and oxygen atoms in total. The monoisotopic (exact) mass is 366 g/mol. The Kier molecular flexibility index (Phi) is 3.60. The summed E-state index contributed by atoms with van der Waals surface area (Å²) in [4.78, 5) is 10.8. The summed E-state index contributed by atoms with van der Waals surface area (Å²) in [7, 11) is -2.45. The van der Waals surface area contributed by atoms with Crippen molar-refractivity contribution in [1.29, 1.82) is 0 Å². The van der Waals surface area contributed by atoms with Crippen molar-refractivity contribution in [3.63, 3.8) is 0 Å². The molecule has 0 spiro atoms. The van der Waals surface area contributed by atoms with Gasteiger partial charge in [-0.1, -0.05) is 5.21 Å². The molecule has 11 heteroatoms. The number of nitrogens with zero attached hydrogens (tertiary/aromatic N) is 3. The maximum absolute atomic E-state index is 12.1. The summed E-state index contributed by atoms with van der Waals surface area (Å²) >= 11 is 3.81. The zero-order chi connectivity index (χ0) is 14.2. The molecule has 2 aromatic rings. The highest BCUT2D eigenvalue weighted by Gasteiger charge is 2.24. The lowest BCUT2D eigenvalue weighted by Gasteiger charge is -2.05. The summed E-state index contributed by atoms with van der Waals surface area (Å²) in [5.41, 5.74) is 0. The van der Waals surface area contributed by atoms with Crippen molar-refractivity contribution < 1.29 is 18.3 Å². The highest BCUT2D eigenvalue weighted by Crippen LogP contribution is 2.26. The lowest BCUT2D eigenvalue weighted by atomic mass is 10.5. The number of hydrogen-bond acceptors (Lipinski definition) is 6. The molecule has 0 aliphatic rings. The molecule has 0 saturated heterocycles. The van der Waals surface area contributed by atoms with Gasteiger partial charge in [0.25, 0.3) is 10.0 Å². The summed E-state index contributed by atoms with van der Waals surface area (Å²) in [5, 5.41) is 16.0. The Morgan fingerprint density at radius 2 is 2.21 bits per heavy atom. The molecule has 2 rings (SSSR count). The molecule has 102 valence electrons. The van der Waals surface area contributed by atoms with Crippen LogP contribution in [0.2, 0.25) is 0 Å². The van der Waals surface area contributed by atoms with E-state index in [9.17, 15) is 13.2 Å². The third kappa shape index (κ3) is 2.77. The topological polar surface area (TPSA) is 114 Å². The number of hydrogen-bond donors (Lipinski definition) is 2. The maximum atomic E-state index is 12.1. The van der Waals surface area contributed by atoms with Crippen molar-refractivity contribution in [2.24, 2.45) is 7.05 Å². The van der Waals surface area contributed by atoms with Crippen molar-refractivity contribution in [2.45, 2.75) is 5.03 Å². The molecule has 2 aromatic heterocycles. The van der Waals surface area contributed by atoms with Crippen molar-refractivity contribution in [3.05, 3.63) is 21.6 Å². The molecule has 0 saturated carbocycles. The molecule has 19 heavy (non-hydrogen) atoms. The SMILES string of the molecule is Cn1nnc(Br)c1S(=O)(=O)Nc1ccc(C(=O)O)s1. The van der Waals surface area contributed by atoms with Crippen LogP contribution >= 0.6 is 27.3 Å². The van der Waals surface area contributed by atoms with Gasteiger partial charge in [0.15, 0.2) is 4.60 Å². The molecular formula is C8H7BrN4O4S2. The van der Waals surface area contributed by atoms with Gasteiger partial charge in [-0.3, -0.25) is 4.72 Å². The van der Waals surface area contributed by atoms with Crippen LogP contribution < -0.4 is 4.72 Å². The van der Waals surface area contributed by atoms with Crippen molar-refractivity contribution >= 4 is 48.3 Å². The Labute approximate surface area is 120 Å². The van der Waals surface area contributed by atoms with Crippen LogP contribution in [0.3, 0.4) is 0 Å². The molecule has 0 unspecified atom stereocenters. The van der Waals surface area contributed by atoms with Crippen LogP contribution in [0.4, 0.5) is 5.00 Å². The maximum Gasteiger partial charge on any atom is 0.345 e. The number of anilines is 1. The van der Waals surface area contributed by atoms with Crippen molar-refractivity contribution in [3.8, 4) is 0 Å². The number of aryl methyl sites for hydroxylation is 1. The first-order chi connectivity index (χ1) is 8.81. The highest BCUT2D eigenvalue weighted by atomic mass is 79.9. The van der Waals surface area contributed by atoms with Gasteiger partial charge in [-0.05, 0) is 28.1 Å². The second-order valence-electron chi connectivity index (χ2n) is 3.38. The largest absolute Gasteiger partial charge is 0.477 e. The molecule has 0 atom stereocenters. The minimum Gasteiger partial charge on any atom is -0.477 e. The third-order valence-electron chi connectivity index (χ3n) is 2.04. The number of halogens is 1. The van der Waals surface area contributed by atoms with Gasteiger partial charge in [-0.2, -0.15) is 8.42 Å². The summed E-state index contributed by atoms with van der Waals surface area (Å²) in [6, 6.07) is 2.70. The fourth-order valence-corrected chi connectivity index (χ4v) is 4.43. The summed E-state index contributed by atoms with van der Waals surface area (Å²) in [6.07, 6.45) is 0. The first-order valence-electron chi connectivity index (χ1n) is 4.72. The smallest absolute Gasteiger partial charge is 0.345 e. The minimum absolute atomic E-state index is 0.0416. The third-order valence-corrected chi connectivity index (χ3v) is 5.41. The fourth-order valence-electron chi connectivity index (χ4n) is 1.30. The van der Waals surface area contributed by atoms with Crippen LogP contribution in [0.15, 0.2) is 21.8 Å². The van der Waals surface area contributed by atoms with Crippen molar-refractivity contribution in [1.82, 2.24) is 15.0 Å². The van der Waals surface area contributed by atoms with Gasteiger partial charge in [0.05, 0.1) is 0 Å². The second kappa shape index (κ2) is 4.90. The summed E-state index contributed by atoms with van der Waals surface area (Å²) < 4.78 is 27.7. The number of carboxylic acids is 1. The van der Waals surface area contributed by atoms with Crippen LogP contribution in [-0.2, 0) is 17.1 Å². The van der Waals surface area contributed by atoms with E-state index in [-0.39, 0.29) is 19.5 Å². The van der Waals surface area contributed by atoms with E-state index in [0.717, 1.165) is 16.0 Å². The number of carbonyl (C=O) groups is 1. The Hall–Kier alpha value is -1.46. The molecule has 2 heterocycles. The number of aromatic nitrogens is 3. The van der Waals surface area contributed by atoms with Crippen LogP contribution in [0, 0.1) is 0 Å². The lowest BCUT2D eigenvalue weighted by Crippen LogP contribution is -2.16. The van der Waals surface area contributed by atoms with Gasteiger partial charge in [-0.15, -0.1) is 16.4 Å². The van der Waals surface area contributed by atoms with E-state index in [1.165, 1.54) is 19.2 Å². The fraction of sp³-hybridized carbons (Fsp3) is 0.125. The van der Waals surface area contributed by atoms with Gasteiger partial charge in [-0.25, -0.2) is 9.48 Å². The number of thiophene rings is 1. The van der Waals surface area contributed by atoms with Gasteiger partial charge in [0, 0.05) is 7.05 Å². The Morgan fingerprint density at radius 1 is 1.53 bits per heavy atom. The van der Waals surface area contributed by atoms with E-state index in [1.807, 2.05) is 0 Å². The quantitative estimate of drug-likeness (QED) is 0.838. The lowest BCUT2D eigenvalue weighted by molar-refractivity contribution is 0.0702. The van der Waals surface area contributed by atoms with E-state index in [4.69, 9.17) is 5.11 Å². The second-order valence-corrected chi connectivity index (χ2v) is 6.82. The minimum atomic E-state index is -3.89. The first kappa shape index (κ1) is 14.0. The van der Waals surface area contributed by atoms with E-state index in [2.05, 4.69) is 31.0 Å². The molecule has 0 bridgehead atoms. The zero-order valence-electron chi connectivity index (χ0n) is 9.36. The number of carboxylic acid groups (broad SMARTS) is 1. The highest BCUT2D eigenvalue weighted by molar-refractivity contribution is 9.10. The summed E-state index contributed by atoms with van der Waals surface area (Å²) in [6.45, 7) is 0. The predicted molar refractivity (Wildman–Crippen MR) is 70.8 cm³/mol. The first-order valence-corrected chi connectivity index (χ1v) is 7.81. The Balaban J connectivity index is 2.34. The molecular weight excluding hydrogens is 360 g/mol. The van der Waals surface area contributed by atoms with Gasteiger partial charge >= 0.3 is 5.97 Å². The van der Waals surface area contributed by atoms with E-state index in [0.29, 0.717) is 0 Å². The molecule has 0 aromatic carbocycles. The molecule has 0 aliphatic heterocycles. The average molecular weight is 367 g/mol. The zero-order valence-corrected chi connectivity index (χ0v) is 12.6. The molecule has 2 N–H and O–H groups in total. The predicted octanol–water partition coefficient (Wildman–Crippen LogP) is 1.14. The molecule has 0 fully saturated rings. The summed E-state index contributed by atoms with van der Waals surface area (Å²) in [5.74, 6) is -1.11. The molecule has 0 amide bonds. The van der Waals surface area contributed by atoms with Gasteiger partial charge in [0.2, 0.25) is 5.03 Å². The Bertz CT molecular complexity index is 716. The van der Waals surface area contributed by atoms with Crippen LogP contribution in [0.1, 0.15) is 9.67 Å². The van der Waals surface area contributed by atoms with Gasteiger partial charge in [0.1, 0.15) is 9.88 Å². The molecule has 0 radical (unpaired) electrons. The number of nitrogens with one attached hydrogen (secondary N) is 1. The Morgan fingerprint density at radius 3 is 2.68 bits per heavy atom. The van der Waals surface area contributed by atoms with E-state index < -0.39 is 16.0 Å². The standard InChI is InChI=1S/C8H7BrN4O4S2/c1-13-7(6(9)10-12-13)19(16,17)11-5-3-2-4(18-5)8(14)15/h2-3,11H,1H3,(H,14,15). The van der Waals surface area contributed by atoms with Gasteiger partial charge < -0.3 is 5.11 Å². The van der Waals surface area contributed by atoms with Crippen LogP contribution in [-0.4, -0.2) is 34.5 Å². The van der Waals surface area contributed by atoms with E-state index >= 15 is 0 Å². The van der Waals surface area contributed by atoms with Crippen LogP contribution in [0.25, 0.3) is 0 Å². The number of rotatable bonds is 4. The van der Waals surface area contributed by atoms with E-state index in [1.54, 1.807) is 0 Å². The molecule has 0 aliphatic carbocycles. The van der Waals surface area contributed by atoms with Crippen molar-refractivity contribution in [2.75, 3.05) is 4.72 Å².